The second-order valence-electron chi connectivity index (χ2n) is 9.88. The third-order valence-electron chi connectivity index (χ3n) is 6.47. The van der Waals surface area contributed by atoms with Crippen LogP contribution in [0.3, 0.4) is 0 Å². The molecule has 0 radical (unpaired) electrons. The predicted octanol–water partition coefficient (Wildman–Crippen LogP) is 4.85. The molecule has 0 spiro atoms. The Kier molecular flexibility index (Phi) is 7.66. The summed E-state index contributed by atoms with van der Waals surface area (Å²) in [6, 6.07) is 31.1. The van der Waals surface area contributed by atoms with Gasteiger partial charge in [0.05, 0.1) is 25.7 Å². The Bertz CT molecular complexity index is 1010. The zero-order valence-corrected chi connectivity index (χ0v) is 21.3. The number of carbonyl (C=O) groups is 1. The molecular weight excluding hydrogens is 440 g/mol. The summed E-state index contributed by atoms with van der Waals surface area (Å²) in [6.45, 7) is 7.79. The van der Waals surface area contributed by atoms with Crippen molar-refractivity contribution in [2.45, 2.75) is 57.5 Å². The Morgan fingerprint density at radius 1 is 0.853 bits per heavy atom. The van der Waals surface area contributed by atoms with Gasteiger partial charge in [-0.25, -0.2) is 0 Å². The number of benzene rings is 3. The first-order chi connectivity index (χ1) is 16.4. The normalized spacial score (nSPS) is 18.6. The summed E-state index contributed by atoms with van der Waals surface area (Å²) in [5, 5.41) is 2.25. The van der Waals surface area contributed by atoms with E-state index < -0.39 is 8.32 Å². The molecule has 1 saturated heterocycles. The molecule has 0 N–H and O–H groups in total. The lowest BCUT2D eigenvalue weighted by molar-refractivity contribution is -0.142. The Morgan fingerprint density at radius 2 is 1.38 bits per heavy atom. The van der Waals surface area contributed by atoms with Crippen LogP contribution in [0.5, 0.6) is 0 Å². The summed E-state index contributed by atoms with van der Waals surface area (Å²) in [7, 11) is -2.76. The average Bonchev–Trinajstić information content (AvgIpc) is 3.20. The zero-order chi connectivity index (χ0) is 24.0. The van der Waals surface area contributed by atoms with E-state index in [0.29, 0.717) is 19.6 Å². The largest absolute Gasteiger partial charge is 0.459 e. The highest BCUT2D eigenvalue weighted by Gasteiger charge is 2.53. The Balaban J connectivity index is 1.58. The molecule has 0 bridgehead atoms. The van der Waals surface area contributed by atoms with Gasteiger partial charge in [0.25, 0.3) is 8.32 Å². The predicted molar refractivity (Wildman–Crippen MR) is 138 cm³/mol. The fourth-order valence-electron chi connectivity index (χ4n) is 4.83. The molecule has 0 aromatic heterocycles. The second-order valence-corrected chi connectivity index (χ2v) is 14.1. The Labute approximate surface area is 204 Å². The molecule has 0 unspecified atom stereocenters. The summed E-state index contributed by atoms with van der Waals surface area (Å²) >= 11 is 0. The maximum absolute atomic E-state index is 12.4. The van der Waals surface area contributed by atoms with Crippen LogP contribution in [-0.2, 0) is 25.3 Å². The molecule has 34 heavy (non-hydrogen) atoms. The Hall–Kier alpha value is -2.73. The van der Waals surface area contributed by atoms with Gasteiger partial charge < -0.3 is 13.9 Å². The van der Waals surface area contributed by atoms with Crippen LogP contribution >= 0.6 is 0 Å². The van der Waals surface area contributed by atoms with E-state index in [0.717, 1.165) is 5.56 Å². The van der Waals surface area contributed by atoms with E-state index in [1.807, 2.05) is 42.5 Å². The highest BCUT2D eigenvalue weighted by molar-refractivity contribution is 6.99. The number of rotatable bonds is 9. The third-order valence-corrected chi connectivity index (χ3v) is 11.5. The second kappa shape index (κ2) is 10.7. The van der Waals surface area contributed by atoms with Crippen LogP contribution in [-0.4, -0.2) is 33.1 Å². The maximum Gasteiger partial charge on any atom is 0.308 e. The number of hydrogen-bond acceptors (Lipinski definition) is 4. The summed E-state index contributed by atoms with van der Waals surface area (Å²) in [4.78, 5) is 12.4. The summed E-state index contributed by atoms with van der Waals surface area (Å²) < 4.78 is 18.8. The molecule has 3 aromatic rings. The van der Waals surface area contributed by atoms with Crippen molar-refractivity contribution in [3.8, 4) is 0 Å². The van der Waals surface area contributed by atoms with Gasteiger partial charge in [-0.1, -0.05) is 112 Å². The smallest absolute Gasteiger partial charge is 0.308 e. The van der Waals surface area contributed by atoms with Gasteiger partial charge in [-0.3, -0.25) is 4.79 Å². The van der Waals surface area contributed by atoms with Crippen molar-refractivity contribution in [1.29, 1.82) is 0 Å². The van der Waals surface area contributed by atoms with Crippen LogP contribution in [0.15, 0.2) is 91.0 Å². The van der Waals surface area contributed by atoms with E-state index in [-0.39, 0.29) is 29.6 Å². The molecule has 1 aliphatic rings. The molecule has 1 fully saturated rings. The minimum absolute atomic E-state index is 0.157. The highest BCUT2D eigenvalue weighted by atomic mass is 28.4. The van der Waals surface area contributed by atoms with Crippen LogP contribution in [0.25, 0.3) is 0 Å². The van der Waals surface area contributed by atoms with Gasteiger partial charge in [0.2, 0.25) is 0 Å². The molecule has 1 aliphatic heterocycles. The fraction of sp³-hybridized carbons (Fsp3) is 0.345. The lowest BCUT2D eigenvalue weighted by atomic mass is 10.1. The Morgan fingerprint density at radius 3 is 1.91 bits per heavy atom. The van der Waals surface area contributed by atoms with Crippen molar-refractivity contribution in [3.05, 3.63) is 96.6 Å². The molecular formula is C29H34O4Si. The van der Waals surface area contributed by atoms with Crippen LogP contribution in [0.4, 0.5) is 0 Å². The van der Waals surface area contributed by atoms with Crippen molar-refractivity contribution in [3.63, 3.8) is 0 Å². The fourth-order valence-corrected chi connectivity index (χ4v) is 9.54. The van der Waals surface area contributed by atoms with Crippen LogP contribution in [0.1, 0.15) is 39.2 Å². The summed E-state index contributed by atoms with van der Waals surface area (Å²) in [6.07, 6.45) is 0.263. The highest BCUT2D eigenvalue weighted by Crippen LogP contribution is 2.39. The minimum atomic E-state index is -2.76. The average molecular weight is 475 g/mol. The van der Waals surface area contributed by atoms with E-state index in [1.165, 1.54) is 10.4 Å². The number of esters is 1. The van der Waals surface area contributed by atoms with E-state index >= 15 is 0 Å². The van der Waals surface area contributed by atoms with Crippen LogP contribution in [0.2, 0.25) is 5.04 Å². The van der Waals surface area contributed by atoms with Gasteiger partial charge in [-0.05, 0) is 21.0 Å². The van der Waals surface area contributed by atoms with Gasteiger partial charge in [0, 0.05) is 6.42 Å². The quantitative estimate of drug-likeness (QED) is 0.253. The number of cyclic esters (lactones) is 1. The van der Waals surface area contributed by atoms with Crippen molar-refractivity contribution in [2.24, 2.45) is 0 Å². The van der Waals surface area contributed by atoms with Crippen molar-refractivity contribution < 1.29 is 18.7 Å². The van der Waals surface area contributed by atoms with E-state index in [2.05, 4.69) is 69.3 Å². The standard InChI is InChI=1S/C29H34O4Si/c1-29(2,3)34(24-15-9-5-10-16-24,25-17-11-6-12-18-25)33-27-21-28(30)32-26(27)19-20-31-22-23-13-7-4-8-14-23/h4-18,26-27H,19-22H2,1-3H3/t26-,27-/m1/s1. The molecule has 4 nitrogen and oxygen atoms in total. The van der Waals surface area contributed by atoms with E-state index in [4.69, 9.17) is 13.9 Å². The molecule has 0 saturated carbocycles. The van der Waals surface area contributed by atoms with Gasteiger partial charge >= 0.3 is 5.97 Å². The minimum Gasteiger partial charge on any atom is -0.459 e. The monoisotopic (exact) mass is 474 g/mol. The molecule has 3 aromatic carbocycles. The van der Waals surface area contributed by atoms with Crippen LogP contribution < -0.4 is 10.4 Å². The van der Waals surface area contributed by atoms with Crippen molar-refractivity contribution in [1.82, 2.24) is 0 Å². The van der Waals surface area contributed by atoms with E-state index in [9.17, 15) is 4.79 Å². The summed E-state index contributed by atoms with van der Waals surface area (Å²) in [5.41, 5.74) is 1.13. The zero-order valence-electron chi connectivity index (χ0n) is 20.3. The first-order valence-electron chi connectivity index (χ1n) is 12.0. The molecule has 0 aliphatic carbocycles. The molecule has 1 heterocycles. The SMILES string of the molecule is CC(C)(C)[Si](O[C@@H]1CC(=O)O[C@@H]1CCOCc1ccccc1)(c1ccccc1)c1ccccc1. The molecule has 0 amide bonds. The van der Waals surface area contributed by atoms with Gasteiger partial charge in [0.15, 0.2) is 0 Å². The van der Waals surface area contributed by atoms with Gasteiger partial charge in [0.1, 0.15) is 6.10 Å². The number of hydrogen-bond donors (Lipinski definition) is 0. The first kappa shape index (κ1) is 24.4. The summed E-state index contributed by atoms with van der Waals surface area (Å²) in [5.74, 6) is -0.198. The molecule has 4 rings (SSSR count). The van der Waals surface area contributed by atoms with Gasteiger partial charge in [-0.15, -0.1) is 0 Å². The van der Waals surface area contributed by atoms with E-state index in [1.54, 1.807) is 0 Å². The number of ether oxygens (including phenoxy) is 2. The lowest BCUT2D eigenvalue weighted by Gasteiger charge is -2.45. The lowest BCUT2D eigenvalue weighted by Crippen LogP contribution is -2.68. The molecule has 178 valence electrons. The van der Waals surface area contributed by atoms with Gasteiger partial charge in [-0.2, -0.15) is 0 Å². The van der Waals surface area contributed by atoms with Crippen LogP contribution in [0, 0.1) is 0 Å². The van der Waals surface area contributed by atoms with Crippen molar-refractivity contribution >= 4 is 24.7 Å². The topological polar surface area (TPSA) is 44.8 Å². The van der Waals surface area contributed by atoms with Crippen molar-refractivity contribution in [2.75, 3.05) is 6.61 Å². The maximum atomic E-state index is 12.4. The molecule has 2 atom stereocenters. The first-order valence-corrected chi connectivity index (χ1v) is 13.9. The molecule has 5 heteroatoms. The third kappa shape index (κ3) is 5.33. The number of carbonyl (C=O) groups excluding carboxylic acids is 1.